The summed E-state index contributed by atoms with van der Waals surface area (Å²) in [5.41, 5.74) is 0.811. The molecule has 0 bridgehead atoms. The molecule has 2 aromatic carbocycles. The van der Waals surface area contributed by atoms with Crippen molar-refractivity contribution in [3.63, 3.8) is 0 Å². The number of fused-ring (bicyclic) bond motifs is 1. The molecule has 3 rings (SSSR count). The first-order chi connectivity index (χ1) is 10.3. The molecule has 0 radical (unpaired) electrons. The van der Waals surface area contributed by atoms with E-state index < -0.39 is 0 Å². The number of methoxy groups -OCH3 is 1. The van der Waals surface area contributed by atoms with Gasteiger partial charge in [0.05, 0.1) is 6.61 Å². The first-order valence-corrected chi connectivity index (χ1v) is 7.55. The summed E-state index contributed by atoms with van der Waals surface area (Å²) in [5, 5.41) is 2.16. The van der Waals surface area contributed by atoms with Crippen LogP contribution >= 0.6 is 0 Å². The molecule has 1 aliphatic rings. The molecule has 0 N–H and O–H groups in total. The van der Waals surface area contributed by atoms with Crippen LogP contribution < -0.4 is 0 Å². The standard InChI is InChI=1S/C18H21NO2/c1-21-13-14-6-5-11-19(12-14)18(20)17-10-4-8-15-7-2-3-9-16(15)17/h2-4,7-10,14H,5-6,11-13H2,1H3. The van der Waals surface area contributed by atoms with Gasteiger partial charge < -0.3 is 9.64 Å². The zero-order valence-corrected chi connectivity index (χ0v) is 12.4. The summed E-state index contributed by atoms with van der Waals surface area (Å²) >= 11 is 0. The molecule has 1 amide bonds. The van der Waals surface area contributed by atoms with Crippen LogP contribution in [0.1, 0.15) is 23.2 Å². The number of piperidine rings is 1. The van der Waals surface area contributed by atoms with Crippen molar-refractivity contribution >= 4 is 16.7 Å². The van der Waals surface area contributed by atoms with E-state index in [4.69, 9.17) is 4.74 Å². The Hall–Kier alpha value is -1.87. The number of hydrogen-bond acceptors (Lipinski definition) is 2. The molecule has 1 unspecified atom stereocenters. The van der Waals surface area contributed by atoms with Gasteiger partial charge in [-0.25, -0.2) is 0 Å². The number of rotatable bonds is 3. The molecule has 3 heteroatoms. The Kier molecular flexibility index (Phi) is 4.20. The smallest absolute Gasteiger partial charge is 0.254 e. The fraction of sp³-hybridized carbons (Fsp3) is 0.389. The van der Waals surface area contributed by atoms with Gasteiger partial charge in [-0.15, -0.1) is 0 Å². The van der Waals surface area contributed by atoms with Crippen LogP contribution in [-0.4, -0.2) is 37.6 Å². The van der Waals surface area contributed by atoms with Crippen molar-refractivity contribution < 1.29 is 9.53 Å². The fourth-order valence-electron chi connectivity index (χ4n) is 3.20. The summed E-state index contributed by atoms with van der Waals surface area (Å²) in [6.07, 6.45) is 2.21. The second-order valence-electron chi connectivity index (χ2n) is 5.74. The van der Waals surface area contributed by atoms with Crippen molar-refractivity contribution in [1.82, 2.24) is 4.90 Å². The molecule has 21 heavy (non-hydrogen) atoms. The van der Waals surface area contributed by atoms with Gasteiger partial charge in [0, 0.05) is 25.8 Å². The van der Waals surface area contributed by atoms with Crippen LogP contribution in [0.5, 0.6) is 0 Å². The highest BCUT2D eigenvalue weighted by Gasteiger charge is 2.25. The molecule has 1 aliphatic heterocycles. The Morgan fingerprint density at radius 2 is 2.05 bits per heavy atom. The summed E-state index contributed by atoms with van der Waals surface area (Å²) in [6, 6.07) is 14.0. The second kappa shape index (κ2) is 6.27. The van der Waals surface area contributed by atoms with Gasteiger partial charge in [0.25, 0.3) is 5.91 Å². The van der Waals surface area contributed by atoms with Crippen molar-refractivity contribution in [1.29, 1.82) is 0 Å². The lowest BCUT2D eigenvalue weighted by molar-refractivity contribution is 0.0572. The lowest BCUT2D eigenvalue weighted by atomic mass is 9.97. The number of amides is 1. The number of likely N-dealkylation sites (tertiary alicyclic amines) is 1. The van der Waals surface area contributed by atoms with Gasteiger partial charge in [0.15, 0.2) is 0 Å². The van der Waals surface area contributed by atoms with Gasteiger partial charge in [-0.3, -0.25) is 4.79 Å². The maximum absolute atomic E-state index is 12.8. The average Bonchev–Trinajstić information content (AvgIpc) is 2.54. The highest BCUT2D eigenvalue weighted by Crippen LogP contribution is 2.23. The minimum absolute atomic E-state index is 0.146. The van der Waals surface area contributed by atoms with E-state index in [0.717, 1.165) is 48.9 Å². The quantitative estimate of drug-likeness (QED) is 0.864. The van der Waals surface area contributed by atoms with Crippen LogP contribution in [0.4, 0.5) is 0 Å². The largest absolute Gasteiger partial charge is 0.384 e. The number of ether oxygens (including phenoxy) is 1. The van der Waals surface area contributed by atoms with E-state index in [-0.39, 0.29) is 5.91 Å². The van der Waals surface area contributed by atoms with Gasteiger partial charge >= 0.3 is 0 Å². The third-order valence-corrected chi connectivity index (χ3v) is 4.23. The molecule has 1 atom stereocenters. The minimum atomic E-state index is 0.146. The highest BCUT2D eigenvalue weighted by atomic mass is 16.5. The molecule has 1 fully saturated rings. The van der Waals surface area contributed by atoms with Crippen LogP contribution in [0.25, 0.3) is 10.8 Å². The normalized spacial score (nSPS) is 18.9. The number of nitrogens with zero attached hydrogens (tertiary/aromatic N) is 1. The molecule has 3 nitrogen and oxygen atoms in total. The third kappa shape index (κ3) is 2.93. The van der Waals surface area contributed by atoms with Crippen LogP contribution in [0, 0.1) is 5.92 Å². The van der Waals surface area contributed by atoms with Crippen LogP contribution in [0.2, 0.25) is 0 Å². The molecule has 0 saturated carbocycles. The molecule has 0 spiro atoms. The third-order valence-electron chi connectivity index (χ3n) is 4.23. The summed E-state index contributed by atoms with van der Waals surface area (Å²) in [7, 11) is 1.73. The Labute approximate surface area is 125 Å². The van der Waals surface area contributed by atoms with Crippen molar-refractivity contribution in [3.05, 3.63) is 48.0 Å². The molecule has 1 heterocycles. The minimum Gasteiger partial charge on any atom is -0.384 e. The first-order valence-electron chi connectivity index (χ1n) is 7.55. The van der Waals surface area contributed by atoms with Crippen LogP contribution in [0.3, 0.4) is 0 Å². The number of benzene rings is 2. The van der Waals surface area contributed by atoms with Gasteiger partial charge in [-0.2, -0.15) is 0 Å². The zero-order chi connectivity index (χ0) is 14.7. The fourth-order valence-corrected chi connectivity index (χ4v) is 3.20. The van der Waals surface area contributed by atoms with Gasteiger partial charge in [-0.05, 0) is 35.6 Å². The topological polar surface area (TPSA) is 29.5 Å². The second-order valence-corrected chi connectivity index (χ2v) is 5.74. The van der Waals surface area contributed by atoms with E-state index >= 15 is 0 Å². The maximum atomic E-state index is 12.8. The summed E-state index contributed by atoms with van der Waals surface area (Å²) in [4.78, 5) is 14.8. The molecule has 110 valence electrons. The number of carbonyl (C=O) groups excluding carboxylic acids is 1. The SMILES string of the molecule is COCC1CCCN(C(=O)c2cccc3ccccc23)C1. The zero-order valence-electron chi connectivity index (χ0n) is 12.4. The Morgan fingerprint density at radius 3 is 2.90 bits per heavy atom. The Bertz CT molecular complexity index is 631. The number of carbonyl (C=O) groups is 1. The lowest BCUT2D eigenvalue weighted by Gasteiger charge is -2.32. The molecular weight excluding hydrogens is 262 g/mol. The van der Waals surface area contributed by atoms with Crippen molar-refractivity contribution in [2.45, 2.75) is 12.8 Å². The van der Waals surface area contributed by atoms with E-state index in [1.54, 1.807) is 7.11 Å². The molecule has 1 saturated heterocycles. The Morgan fingerprint density at radius 1 is 1.24 bits per heavy atom. The predicted octanol–water partition coefficient (Wildman–Crippen LogP) is 3.34. The summed E-state index contributed by atoms with van der Waals surface area (Å²) < 4.78 is 5.25. The monoisotopic (exact) mass is 283 g/mol. The van der Waals surface area contributed by atoms with Crippen molar-refractivity contribution in [2.24, 2.45) is 5.92 Å². The van der Waals surface area contributed by atoms with E-state index in [9.17, 15) is 4.79 Å². The van der Waals surface area contributed by atoms with Crippen molar-refractivity contribution in [3.8, 4) is 0 Å². The average molecular weight is 283 g/mol. The molecular formula is C18H21NO2. The predicted molar refractivity (Wildman–Crippen MR) is 84.5 cm³/mol. The van der Waals surface area contributed by atoms with E-state index in [0.29, 0.717) is 5.92 Å². The van der Waals surface area contributed by atoms with Gasteiger partial charge in [0.2, 0.25) is 0 Å². The lowest BCUT2D eigenvalue weighted by Crippen LogP contribution is -2.41. The van der Waals surface area contributed by atoms with Gasteiger partial charge in [-0.1, -0.05) is 36.4 Å². The van der Waals surface area contributed by atoms with E-state index in [1.807, 2.05) is 35.2 Å². The van der Waals surface area contributed by atoms with Crippen LogP contribution in [-0.2, 0) is 4.74 Å². The van der Waals surface area contributed by atoms with Gasteiger partial charge in [0.1, 0.15) is 0 Å². The molecule has 0 aromatic heterocycles. The molecule has 2 aromatic rings. The maximum Gasteiger partial charge on any atom is 0.254 e. The van der Waals surface area contributed by atoms with E-state index in [2.05, 4.69) is 12.1 Å². The molecule has 0 aliphatic carbocycles. The first kappa shape index (κ1) is 14.1. The van der Waals surface area contributed by atoms with E-state index in [1.165, 1.54) is 0 Å². The number of hydrogen-bond donors (Lipinski definition) is 0. The summed E-state index contributed by atoms with van der Waals surface area (Å²) in [6.45, 7) is 2.39. The highest BCUT2D eigenvalue weighted by molar-refractivity contribution is 6.07. The Balaban J connectivity index is 1.86. The summed E-state index contributed by atoms with van der Waals surface area (Å²) in [5.74, 6) is 0.607. The van der Waals surface area contributed by atoms with Crippen LogP contribution in [0.15, 0.2) is 42.5 Å². The van der Waals surface area contributed by atoms with Crippen molar-refractivity contribution in [2.75, 3.05) is 26.8 Å².